The number of hydrogen-bond donors (Lipinski definition) is 1. The van der Waals surface area contributed by atoms with E-state index < -0.39 is 0 Å². The van der Waals surface area contributed by atoms with E-state index >= 15 is 0 Å². The summed E-state index contributed by atoms with van der Waals surface area (Å²) in [5.74, 6) is 1.85. The SMILES string of the molecule is CCCCC(CC)CN1CCC(CNC(C)C)CC1. The Balaban J connectivity index is 2.17. The molecule has 1 rings (SSSR count). The van der Waals surface area contributed by atoms with Crippen LogP contribution in [-0.4, -0.2) is 37.1 Å². The van der Waals surface area contributed by atoms with Gasteiger partial charge in [0.15, 0.2) is 0 Å². The first-order valence-corrected chi connectivity index (χ1v) is 8.61. The van der Waals surface area contributed by atoms with Crippen LogP contribution in [0, 0.1) is 11.8 Å². The van der Waals surface area contributed by atoms with Crippen LogP contribution in [0.15, 0.2) is 0 Å². The van der Waals surface area contributed by atoms with Gasteiger partial charge >= 0.3 is 0 Å². The third-order valence-corrected chi connectivity index (χ3v) is 4.58. The fourth-order valence-corrected chi connectivity index (χ4v) is 3.06. The number of nitrogens with zero attached hydrogens (tertiary/aromatic N) is 1. The second-order valence-electron chi connectivity index (χ2n) is 6.72. The first-order valence-electron chi connectivity index (χ1n) is 8.61. The summed E-state index contributed by atoms with van der Waals surface area (Å²) >= 11 is 0. The van der Waals surface area contributed by atoms with Gasteiger partial charge in [-0.2, -0.15) is 0 Å². The monoisotopic (exact) mass is 268 g/mol. The molecule has 1 heterocycles. The molecule has 0 aromatic rings. The number of hydrogen-bond acceptors (Lipinski definition) is 2. The molecule has 1 saturated heterocycles. The summed E-state index contributed by atoms with van der Waals surface area (Å²) in [6.45, 7) is 14.4. The van der Waals surface area contributed by atoms with Gasteiger partial charge in [-0.3, -0.25) is 0 Å². The molecule has 0 radical (unpaired) electrons. The molecule has 0 amide bonds. The van der Waals surface area contributed by atoms with E-state index in [1.165, 1.54) is 64.7 Å². The highest BCUT2D eigenvalue weighted by Crippen LogP contribution is 2.20. The van der Waals surface area contributed by atoms with Gasteiger partial charge in [0, 0.05) is 12.6 Å². The molecule has 0 aliphatic carbocycles. The van der Waals surface area contributed by atoms with Crippen LogP contribution in [0.4, 0.5) is 0 Å². The van der Waals surface area contributed by atoms with E-state index in [-0.39, 0.29) is 0 Å². The topological polar surface area (TPSA) is 15.3 Å². The molecule has 1 unspecified atom stereocenters. The summed E-state index contributed by atoms with van der Waals surface area (Å²) in [5, 5.41) is 3.59. The maximum Gasteiger partial charge on any atom is 0.00104 e. The average molecular weight is 268 g/mol. The van der Waals surface area contributed by atoms with Gasteiger partial charge < -0.3 is 10.2 Å². The van der Waals surface area contributed by atoms with E-state index in [4.69, 9.17) is 0 Å². The quantitative estimate of drug-likeness (QED) is 0.682. The van der Waals surface area contributed by atoms with Crippen molar-refractivity contribution in [1.29, 1.82) is 0 Å². The molecular weight excluding hydrogens is 232 g/mol. The fourth-order valence-electron chi connectivity index (χ4n) is 3.06. The Bertz CT molecular complexity index is 207. The van der Waals surface area contributed by atoms with Gasteiger partial charge in [0.25, 0.3) is 0 Å². The molecule has 0 spiro atoms. The third kappa shape index (κ3) is 7.31. The average Bonchev–Trinajstić information content (AvgIpc) is 2.42. The van der Waals surface area contributed by atoms with Gasteiger partial charge in [0.1, 0.15) is 0 Å². The third-order valence-electron chi connectivity index (χ3n) is 4.58. The van der Waals surface area contributed by atoms with Crippen molar-refractivity contribution in [2.45, 2.75) is 72.3 Å². The predicted octanol–water partition coefficient (Wildman–Crippen LogP) is 3.91. The maximum atomic E-state index is 3.59. The van der Waals surface area contributed by atoms with Gasteiger partial charge in [-0.05, 0) is 50.7 Å². The van der Waals surface area contributed by atoms with E-state index in [0.29, 0.717) is 6.04 Å². The van der Waals surface area contributed by atoms with Gasteiger partial charge in [-0.15, -0.1) is 0 Å². The molecule has 19 heavy (non-hydrogen) atoms. The Kier molecular flexibility index (Phi) is 8.72. The van der Waals surface area contributed by atoms with E-state index in [1.54, 1.807) is 0 Å². The number of nitrogens with one attached hydrogen (secondary N) is 1. The summed E-state index contributed by atoms with van der Waals surface area (Å²) in [5.41, 5.74) is 0. The number of likely N-dealkylation sites (tertiary alicyclic amines) is 1. The number of piperidine rings is 1. The van der Waals surface area contributed by atoms with Gasteiger partial charge in [0.2, 0.25) is 0 Å². The first kappa shape index (κ1) is 17.0. The van der Waals surface area contributed by atoms with Gasteiger partial charge in [0.05, 0.1) is 0 Å². The van der Waals surface area contributed by atoms with Crippen molar-refractivity contribution in [2.24, 2.45) is 11.8 Å². The van der Waals surface area contributed by atoms with Crippen LogP contribution in [0.3, 0.4) is 0 Å². The molecule has 0 bridgehead atoms. The normalized spacial score (nSPS) is 20.1. The zero-order chi connectivity index (χ0) is 14.1. The van der Waals surface area contributed by atoms with Crippen molar-refractivity contribution in [3.8, 4) is 0 Å². The Morgan fingerprint density at radius 3 is 2.37 bits per heavy atom. The largest absolute Gasteiger partial charge is 0.314 e. The van der Waals surface area contributed by atoms with E-state index in [1.807, 2.05) is 0 Å². The summed E-state index contributed by atoms with van der Waals surface area (Å²) in [4.78, 5) is 2.72. The lowest BCUT2D eigenvalue weighted by Gasteiger charge is -2.34. The number of rotatable bonds is 9. The molecule has 1 aliphatic rings. The van der Waals surface area contributed by atoms with E-state index in [2.05, 4.69) is 37.9 Å². The molecule has 1 fully saturated rings. The zero-order valence-corrected chi connectivity index (χ0v) is 13.8. The highest BCUT2D eigenvalue weighted by Gasteiger charge is 2.20. The molecule has 1 aliphatic heterocycles. The highest BCUT2D eigenvalue weighted by atomic mass is 15.1. The van der Waals surface area contributed by atoms with Crippen molar-refractivity contribution < 1.29 is 0 Å². The molecule has 0 saturated carbocycles. The molecule has 1 atom stereocenters. The Morgan fingerprint density at radius 1 is 1.16 bits per heavy atom. The van der Waals surface area contributed by atoms with Gasteiger partial charge in [-0.25, -0.2) is 0 Å². The minimum Gasteiger partial charge on any atom is -0.314 e. The smallest absolute Gasteiger partial charge is 0.00104 e. The van der Waals surface area contributed by atoms with Crippen molar-refractivity contribution >= 4 is 0 Å². The molecule has 0 aromatic carbocycles. The standard InChI is InChI=1S/C17H36N2/c1-5-7-8-16(6-2)14-19-11-9-17(10-12-19)13-18-15(3)4/h15-18H,5-14H2,1-4H3. The van der Waals surface area contributed by atoms with Crippen molar-refractivity contribution in [3.63, 3.8) is 0 Å². The molecule has 1 N–H and O–H groups in total. The summed E-state index contributed by atoms with van der Waals surface area (Å²) in [7, 11) is 0. The Labute approximate surface area is 121 Å². The molecule has 2 nitrogen and oxygen atoms in total. The lowest BCUT2D eigenvalue weighted by atomic mass is 9.93. The lowest BCUT2D eigenvalue weighted by Crippen LogP contribution is -2.40. The van der Waals surface area contributed by atoms with Crippen molar-refractivity contribution in [1.82, 2.24) is 10.2 Å². The van der Waals surface area contributed by atoms with Crippen molar-refractivity contribution in [2.75, 3.05) is 26.2 Å². The minimum atomic E-state index is 0.636. The molecular formula is C17H36N2. The Morgan fingerprint density at radius 2 is 1.84 bits per heavy atom. The summed E-state index contributed by atoms with van der Waals surface area (Å²) < 4.78 is 0. The first-order chi connectivity index (χ1) is 9.15. The maximum absolute atomic E-state index is 3.59. The minimum absolute atomic E-state index is 0.636. The van der Waals surface area contributed by atoms with Crippen LogP contribution in [0.5, 0.6) is 0 Å². The zero-order valence-electron chi connectivity index (χ0n) is 13.8. The summed E-state index contributed by atoms with van der Waals surface area (Å²) in [6.07, 6.45) is 8.33. The number of unbranched alkanes of at least 4 members (excludes halogenated alkanes) is 1. The molecule has 114 valence electrons. The predicted molar refractivity (Wildman–Crippen MR) is 85.6 cm³/mol. The van der Waals surface area contributed by atoms with Crippen LogP contribution in [0.25, 0.3) is 0 Å². The second kappa shape index (κ2) is 9.77. The summed E-state index contributed by atoms with van der Waals surface area (Å²) in [6, 6.07) is 0.636. The highest BCUT2D eigenvalue weighted by molar-refractivity contribution is 4.76. The fraction of sp³-hybridized carbons (Fsp3) is 1.00. The van der Waals surface area contributed by atoms with Crippen LogP contribution < -0.4 is 5.32 Å². The lowest BCUT2D eigenvalue weighted by molar-refractivity contribution is 0.152. The van der Waals surface area contributed by atoms with E-state index in [9.17, 15) is 0 Å². The van der Waals surface area contributed by atoms with Gasteiger partial charge in [-0.1, -0.05) is 47.0 Å². The van der Waals surface area contributed by atoms with Crippen molar-refractivity contribution in [3.05, 3.63) is 0 Å². The van der Waals surface area contributed by atoms with E-state index in [0.717, 1.165) is 11.8 Å². The molecule has 2 heteroatoms. The van der Waals surface area contributed by atoms with Crippen LogP contribution in [0.1, 0.15) is 66.2 Å². The van der Waals surface area contributed by atoms with Crippen LogP contribution >= 0.6 is 0 Å². The van der Waals surface area contributed by atoms with Crippen LogP contribution in [0.2, 0.25) is 0 Å². The second-order valence-corrected chi connectivity index (χ2v) is 6.72. The Hall–Kier alpha value is -0.0800. The molecule has 0 aromatic heterocycles. The van der Waals surface area contributed by atoms with Crippen LogP contribution in [-0.2, 0) is 0 Å².